The minimum atomic E-state index is -0.199. The van der Waals surface area contributed by atoms with E-state index in [1.165, 1.54) is 4.90 Å². The molecule has 8 nitrogen and oxygen atoms in total. The molecule has 0 bridgehead atoms. The Hall–Kier alpha value is -4.63. The van der Waals surface area contributed by atoms with Gasteiger partial charge in [-0.25, -0.2) is 9.97 Å². The van der Waals surface area contributed by atoms with Crippen molar-refractivity contribution in [3.63, 3.8) is 0 Å². The number of amides is 2. The summed E-state index contributed by atoms with van der Waals surface area (Å²) in [6.45, 7) is 1.29. The summed E-state index contributed by atoms with van der Waals surface area (Å²) < 4.78 is 0. The van der Waals surface area contributed by atoms with Crippen molar-refractivity contribution in [2.24, 2.45) is 11.8 Å². The molecule has 1 aliphatic carbocycles. The number of nitrogens with one attached hydrogen (secondary N) is 3. The van der Waals surface area contributed by atoms with Crippen LogP contribution in [0.4, 0.5) is 5.69 Å². The minimum Gasteiger partial charge on any atom is -0.368 e. The van der Waals surface area contributed by atoms with Crippen LogP contribution in [0, 0.1) is 11.8 Å². The molecule has 8 rings (SSSR count). The van der Waals surface area contributed by atoms with Crippen LogP contribution < -0.4 is 10.6 Å². The van der Waals surface area contributed by atoms with Crippen molar-refractivity contribution in [2.45, 2.75) is 16.3 Å². The molecule has 2 fully saturated rings. The molecule has 0 spiro atoms. The maximum absolute atomic E-state index is 13.4. The third-order valence-electron chi connectivity index (χ3n) is 8.25. The Morgan fingerprint density at radius 3 is 2.54 bits per heavy atom. The highest BCUT2D eigenvalue weighted by Crippen LogP contribution is 2.47. The number of aromatic nitrogens is 3. The number of para-hydroxylation sites is 3. The zero-order chi connectivity index (χ0) is 27.5. The molecule has 3 aromatic carbocycles. The molecular weight excluding hydrogens is 532 g/mol. The topological polar surface area (TPSA) is 103 Å². The maximum atomic E-state index is 13.4. The predicted octanol–water partition coefficient (Wildman–Crippen LogP) is 5.34. The molecule has 41 heavy (non-hydrogen) atoms. The first-order chi connectivity index (χ1) is 20.1. The Kier molecular flexibility index (Phi) is 5.60. The number of anilines is 1. The number of aromatic amines is 1. The second-order valence-electron chi connectivity index (χ2n) is 10.8. The third-order valence-corrected chi connectivity index (χ3v) is 9.48. The van der Waals surface area contributed by atoms with Gasteiger partial charge in [0.15, 0.2) is 5.82 Å². The van der Waals surface area contributed by atoms with Crippen LogP contribution >= 0.6 is 11.8 Å². The number of piperidine rings is 1. The monoisotopic (exact) mass is 558 g/mol. The van der Waals surface area contributed by atoms with Gasteiger partial charge in [-0.1, -0.05) is 54.2 Å². The van der Waals surface area contributed by atoms with Crippen LogP contribution in [0.3, 0.4) is 0 Å². The molecule has 1 saturated carbocycles. The van der Waals surface area contributed by atoms with E-state index in [-0.39, 0.29) is 35.1 Å². The van der Waals surface area contributed by atoms with Crippen LogP contribution in [0.2, 0.25) is 0 Å². The Balaban J connectivity index is 0.899. The second kappa shape index (κ2) is 9.49. The molecule has 9 heteroatoms. The molecular formula is C32H26N6O2S. The summed E-state index contributed by atoms with van der Waals surface area (Å²) in [4.78, 5) is 42.0. The molecule has 2 aliphatic heterocycles. The van der Waals surface area contributed by atoms with E-state index < -0.39 is 0 Å². The Morgan fingerprint density at radius 1 is 0.878 bits per heavy atom. The number of likely N-dealkylation sites (tertiary alicyclic amines) is 1. The van der Waals surface area contributed by atoms with Gasteiger partial charge in [0, 0.05) is 47.1 Å². The van der Waals surface area contributed by atoms with Gasteiger partial charge in [0.1, 0.15) is 16.8 Å². The molecule has 3 aliphatic rings. The molecule has 3 unspecified atom stereocenters. The number of hydrogen-bond donors (Lipinski definition) is 3. The van der Waals surface area contributed by atoms with Gasteiger partial charge in [-0.05, 0) is 54.1 Å². The third kappa shape index (κ3) is 4.33. The van der Waals surface area contributed by atoms with Crippen molar-refractivity contribution in [2.75, 3.05) is 18.4 Å². The van der Waals surface area contributed by atoms with Gasteiger partial charge in [-0.3, -0.25) is 9.59 Å². The number of rotatable bonds is 5. The van der Waals surface area contributed by atoms with Crippen molar-refractivity contribution >= 4 is 40.3 Å². The van der Waals surface area contributed by atoms with Crippen molar-refractivity contribution in [1.82, 2.24) is 25.2 Å². The number of nitrogens with zero attached hydrogens (tertiary/aromatic N) is 3. The summed E-state index contributed by atoms with van der Waals surface area (Å²) in [7, 11) is 0. The van der Waals surface area contributed by atoms with E-state index in [1.807, 2.05) is 71.6 Å². The molecule has 3 N–H and O–H groups in total. The molecule has 5 aromatic rings. The largest absolute Gasteiger partial charge is 0.368 e. The van der Waals surface area contributed by atoms with Crippen molar-refractivity contribution in [1.29, 1.82) is 0 Å². The fourth-order valence-electron chi connectivity index (χ4n) is 6.05. The fraction of sp³-hybridized carbons (Fsp3) is 0.188. The number of imidazole rings is 1. The zero-order valence-corrected chi connectivity index (χ0v) is 22.8. The van der Waals surface area contributed by atoms with Crippen molar-refractivity contribution in [3.8, 4) is 11.5 Å². The summed E-state index contributed by atoms with van der Waals surface area (Å²) in [5.41, 5.74) is 5.68. The van der Waals surface area contributed by atoms with Crippen molar-refractivity contribution in [3.05, 3.63) is 108 Å². The summed E-state index contributed by atoms with van der Waals surface area (Å²) in [5.74, 6) is 1.02. The quantitative estimate of drug-likeness (QED) is 0.269. The molecule has 3 atom stereocenters. The number of thioether (sulfide) groups is 1. The first kappa shape index (κ1) is 24.2. The maximum Gasteiger partial charge on any atom is 0.270 e. The average Bonchev–Trinajstić information content (AvgIpc) is 3.48. The Morgan fingerprint density at radius 2 is 1.68 bits per heavy atom. The van der Waals surface area contributed by atoms with Crippen LogP contribution in [-0.2, 0) is 0 Å². The number of carbonyl (C=O) groups excluding carboxylic acids is 2. The van der Waals surface area contributed by atoms with E-state index >= 15 is 0 Å². The lowest BCUT2D eigenvalue weighted by molar-refractivity contribution is 0.0769. The Bertz CT molecular complexity index is 1770. The number of pyridine rings is 1. The average molecular weight is 559 g/mol. The van der Waals surface area contributed by atoms with Crippen LogP contribution in [0.15, 0.2) is 95.9 Å². The molecule has 2 amide bonds. The molecule has 4 heterocycles. The first-order valence-corrected chi connectivity index (χ1v) is 14.6. The molecule has 0 radical (unpaired) electrons. The second-order valence-corrected chi connectivity index (χ2v) is 12.0. The van der Waals surface area contributed by atoms with E-state index in [0.717, 1.165) is 22.3 Å². The number of hydrogen-bond acceptors (Lipinski definition) is 6. The SMILES string of the molecule is O=C(NC1C2CN(C(=O)c3cccc(C4Nc5ccccc5S4)c3)CC21)c1cccc(-c2nc3ccccc3[nH]2)n1. The number of benzene rings is 3. The lowest BCUT2D eigenvalue weighted by atomic mass is 10.1. The van der Waals surface area contributed by atoms with E-state index in [4.69, 9.17) is 0 Å². The summed E-state index contributed by atoms with van der Waals surface area (Å²) >= 11 is 1.77. The smallest absolute Gasteiger partial charge is 0.270 e. The van der Waals surface area contributed by atoms with E-state index in [9.17, 15) is 9.59 Å². The van der Waals surface area contributed by atoms with Gasteiger partial charge in [-0.2, -0.15) is 0 Å². The summed E-state index contributed by atoms with van der Waals surface area (Å²) in [5, 5.41) is 6.78. The standard InChI is InChI=1S/C32H26N6O2S/c39-30(26-13-6-12-25(33-26)29-34-22-9-1-2-10-23(22)35-29)37-28-20-16-38(17-21(20)28)32(40)19-8-5-7-18(15-19)31-36-24-11-3-4-14-27(24)41-31/h1-15,20-21,28,31,36H,16-17H2,(H,34,35)(H,37,39). The zero-order valence-electron chi connectivity index (χ0n) is 22.0. The van der Waals surface area contributed by atoms with Crippen molar-refractivity contribution < 1.29 is 9.59 Å². The lowest BCUT2D eigenvalue weighted by Gasteiger charge is -2.21. The molecule has 2 aromatic heterocycles. The van der Waals surface area contributed by atoms with Gasteiger partial charge in [0.05, 0.1) is 11.0 Å². The minimum absolute atomic E-state index is 0.0461. The fourth-order valence-corrected chi connectivity index (χ4v) is 7.19. The predicted molar refractivity (Wildman–Crippen MR) is 159 cm³/mol. The normalized spacial score (nSPS) is 22.2. The van der Waals surface area contributed by atoms with Gasteiger partial charge < -0.3 is 20.5 Å². The summed E-state index contributed by atoms with van der Waals surface area (Å²) in [6.07, 6.45) is 0. The summed E-state index contributed by atoms with van der Waals surface area (Å²) in [6, 6.07) is 29.4. The van der Waals surface area contributed by atoms with Gasteiger partial charge in [0.2, 0.25) is 0 Å². The van der Waals surface area contributed by atoms with Gasteiger partial charge in [-0.15, -0.1) is 0 Å². The number of carbonyl (C=O) groups is 2. The highest BCUT2D eigenvalue weighted by molar-refractivity contribution is 8.00. The van der Waals surface area contributed by atoms with Crippen LogP contribution in [0.5, 0.6) is 0 Å². The van der Waals surface area contributed by atoms with Crippen LogP contribution in [-0.4, -0.2) is 50.8 Å². The lowest BCUT2D eigenvalue weighted by Crippen LogP contribution is -2.37. The number of H-pyrrole nitrogens is 1. The highest BCUT2D eigenvalue weighted by atomic mass is 32.2. The molecule has 1 saturated heterocycles. The van der Waals surface area contributed by atoms with E-state index in [2.05, 4.69) is 43.8 Å². The number of fused-ring (bicyclic) bond motifs is 3. The highest BCUT2D eigenvalue weighted by Gasteiger charge is 2.57. The van der Waals surface area contributed by atoms with Crippen LogP contribution in [0.25, 0.3) is 22.6 Å². The molecule has 202 valence electrons. The van der Waals surface area contributed by atoms with E-state index in [1.54, 1.807) is 17.8 Å². The Labute approximate surface area is 240 Å². The van der Waals surface area contributed by atoms with E-state index in [0.29, 0.717) is 35.9 Å². The van der Waals surface area contributed by atoms with Gasteiger partial charge >= 0.3 is 0 Å². The van der Waals surface area contributed by atoms with Gasteiger partial charge in [0.25, 0.3) is 11.8 Å². The van der Waals surface area contributed by atoms with Crippen LogP contribution in [0.1, 0.15) is 31.8 Å². The first-order valence-electron chi connectivity index (χ1n) is 13.8.